The van der Waals surface area contributed by atoms with Gasteiger partial charge in [-0.2, -0.15) is 0 Å². The minimum absolute atomic E-state index is 0.162. The molecule has 1 aromatic rings. The number of hydrogen-bond donors (Lipinski definition) is 4. The van der Waals surface area contributed by atoms with Crippen LogP contribution < -0.4 is 22.5 Å². The molecule has 0 spiro atoms. The van der Waals surface area contributed by atoms with Crippen LogP contribution in [-0.4, -0.2) is 18.4 Å². The summed E-state index contributed by atoms with van der Waals surface area (Å²) in [6, 6.07) is 6.81. The molecular formula is C52H94N4O2. The number of hydrogen-bond acceptors (Lipinski definition) is 4. The maximum atomic E-state index is 10.8. The Labute approximate surface area is 359 Å². The fraction of sp³-hybridized carbons (Fsp3) is 0.769. The highest BCUT2D eigenvalue weighted by atomic mass is 16.1. The van der Waals surface area contributed by atoms with Gasteiger partial charge in [-0.1, -0.05) is 184 Å². The van der Waals surface area contributed by atoms with Crippen LogP contribution in [0.15, 0.2) is 42.5 Å². The fourth-order valence-electron chi connectivity index (χ4n) is 8.15. The third-order valence-electron chi connectivity index (χ3n) is 11.9. The van der Waals surface area contributed by atoms with E-state index >= 15 is 0 Å². The molecule has 7 N–H and O–H groups in total. The van der Waals surface area contributed by atoms with E-state index in [1.165, 1.54) is 209 Å². The van der Waals surface area contributed by atoms with E-state index in [0.29, 0.717) is 19.4 Å². The summed E-state index contributed by atoms with van der Waals surface area (Å²) in [5, 5.41) is 3.71. The van der Waals surface area contributed by atoms with E-state index in [4.69, 9.17) is 17.2 Å². The summed E-state index contributed by atoms with van der Waals surface area (Å²) in [7, 11) is 0. The van der Waals surface area contributed by atoms with E-state index in [2.05, 4.69) is 47.8 Å². The molecule has 0 aliphatic carbocycles. The number of aryl methyl sites for hydroxylation is 1. The average molecular weight is 807 g/mol. The highest BCUT2D eigenvalue weighted by Gasteiger charge is 2.07. The molecule has 1 rings (SSSR count). The minimum atomic E-state index is -0.162. The lowest BCUT2D eigenvalue weighted by atomic mass is 9.96. The van der Waals surface area contributed by atoms with Crippen LogP contribution >= 0.6 is 0 Å². The van der Waals surface area contributed by atoms with Gasteiger partial charge in [-0.05, 0) is 107 Å². The molecule has 0 fully saturated rings. The predicted molar refractivity (Wildman–Crippen MR) is 253 cm³/mol. The van der Waals surface area contributed by atoms with Crippen molar-refractivity contribution in [3.8, 4) is 0 Å². The Morgan fingerprint density at radius 1 is 0.431 bits per heavy atom. The smallest absolute Gasteiger partial charge is 0.217 e. The summed E-state index contributed by atoms with van der Waals surface area (Å²) in [5.41, 5.74) is 20.9. The third kappa shape index (κ3) is 36.6. The summed E-state index contributed by atoms with van der Waals surface area (Å²) in [6.07, 6.45) is 55.6. The minimum Gasteiger partial charge on any atom is -0.370 e. The third-order valence-corrected chi connectivity index (χ3v) is 11.9. The molecule has 0 aromatic heterocycles. The largest absolute Gasteiger partial charge is 0.370 e. The van der Waals surface area contributed by atoms with Crippen molar-refractivity contribution in [2.45, 2.75) is 251 Å². The van der Waals surface area contributed by atoms with Gasteiger partial charge in [0.15, 0.2) is 0 Å². The van der Waals surface area contributed by atoms with Crippen LogP contribution in [0, 0.1) is 0 Å². The number of primary amides is 2. The summed E-state index contributed by atoms with van der Waals surface area (Å²) < 4.78 is 0. The Morgan fingerprint density at radius 2 is 0.759 bits per heavy atom. The van der Waals surface area contributed by atoms with Gasteiger partial charge in [0.2, 0.25) is 11.8 Å². The van der Waals surface area contributed by atoms with Gasteiger partial charge in [-0.3, -0.25) is 9.59 Å². The number of amides is 2. The first-order chi connectivity index (χ1) is 28.5. The van der Waals surface area contributed by atoms with E-state index in [9.17, 15) is 9.59 Å². The van der Waals surface area contributed by atoms with Gasteiger partial charge in [0.05, 0.1) is 0 Å². The zero-order valence-corrected chi connectivity index (χ0v) is 37.9. The molecular weight excluding hydrogens is 713 g/mol. The molecule has 0 unspecified atom stereocenters. The van der Waals surface area contributed by atoms with Crippen molar-refractivity contribution in [3.63, 3.8) is 0 Å². The number of allylic oxidation sites excluding steroid dienone is 4. The topological polar surface area (TPSA) is 124 Å². The Hall–Kier alpha value is -2.44. The maximum absolute atomic E-state index is 10.8. The molecule has 6 heteroatoms. The lowest BCUT2D eigenvalue weighted by Crippen LogP contribution is -2.17. The van der Waals surface area contributed by atoms with Gasteiger partial charge in [0.1, 0.15) is 0 Å². The molecule has 0 saturated carbocycles. The first kappa shape index (κ1) is 53.6. The molecule has 0 saturated heterocycles. The first-order valence-electron chi connectivity index (χ1n) is 24.9. The fourth-order valence-corrected chi connectivity index (χ4v) is 8.15. The number of nitrogens with one attached hydrogen (secondary N) is 1. The van der Waals surface area contributed by atoms with Crippen molar-refractivity contribution in [1.29, 1.82) is 0 Å². The van der Waals surface area contributed by atoms with E-state index in [-0.39, 0.29) is 11.8 Å². The summed E-state index contributed by atoms with van der Waals surface area (Å²) in [6.45, 7) is 2.67. The monoisotopic (exact) mass is 807 g/mol. The molecule has 0 atom stereocenters. The molecule has 2 amide bonds. The number of benzene rings is 1. The lowest BCUT2D eigenvalue weighted by Gasteiger charge is -2.14. The van der Waals surface area contributed by atoms with Crippen LogP contribution in [0.25, 0.3) is 0 Å². The van der Waals surface area contributed by atoms with E-state index in [1.807, 2.05) is 0 Å². The molecule has 0 heterocycles. The second-order valence-corrected chi connectivity index (χ2v) is 17.3. The van der Waals surface area contributed by atoms with Gasteiger partial charge >= 0.3 is 0 Å². The molecule has 0 radical (unpaired) electrons. The van der Waals surface area contributed by atoms with Crippen LogP contribution in [-0.2, 0) is 29.1 Å². The Morgan fingerprint density at radius 3 is 1.14 bits per heavy atom. The summed E-state index contributed by atoms with van der Waals surface area (Å²) in [4.78, 5) is 21.5. The highest BCUT2D eigenvalue weighted by molar-refractivity contribution is 5.73. The van der Waals surface area contributed by atoms with Crippen molar-refractivity contribution in [2.75, 3.05) is 6.54 Å². The van der Waals surface area contributed by atoms with Crippen LogP contribution in [0.4, 0.5) is 0 Å². The highest BCUT2D eigenvalue weighted by Crippen LogP contribution is 2.19. The van der Waals surface area contributed by atoms with Crippen LogP contribution in [0.5, 0.6) is 0 Å². The first-order valence-corrected chi connectivity index (χ1v) is 24.9. The summed E-state index contributed by atoms with van der Waals surface area (Å²) in [5.74, 6) is -0.324. The van der Waals surface area contributed by atoms with Gasteiger partial charge in [0, 0.05) is 25.9 Å². The van der Waals surface area contributed by atoms with Crippen molar-refractivity contribution in [2.24, 2.45) is 17.2 Å². The van der Waals surface area contributed by atoms with Crippen molar-refractivity contribution >= 4 is 11.8 Å². The second-order valence-electron chi connectivity index (χ2n) is 17.3. The maximum Gasteiger partial charge on any atom is 0.217 e. The number of nitrogens with two attached hydrogens (primary N) is 3. The Bertz CT molecular complexity index is 1130. The zero-order chi connectivity index (χ0) is 41.8. The van der Waals surface area contributed by atoms with E-state index < -0.39 is 0 Å². The Kier molecular flexibility index (Phi) is 39.4. The van der Waals surface area contributed by atoms with E-state index in [1.54, 1.807) is 0 Å². The Balaban J connectivity index is 1.92. The molecule has 6 nitrogen and oxygen atoms in total. The summed E-state index contributed by atoms with van der Waals surface area (Å²) >= 11 is 0. The average Bonchev–Trinajstić information content (AvgIpc) is 3.21. The quantitative estimate of drug-likeness (QED) is 0.0387. The van der Waals surface area contributed by atoms with Gasteiger partial charge < -0.3 is 22.5 Å². The molecule has 1 aromatic carbocycles. The molecule has 0 bridgehead atoms. The zero-order valence-electron chi connectivity index (χ0n) is 37.9. The van der Waals surface area contributed by atoms with Crippen LogP contribution in [0.3, 0.4) is 0 Å². The van der Waals surface area contributed by atoms with E-state index in [0.717, 1.165) is 45.2 Å². The number of carbonyl (C=O) groups is 2. The predicted octanol–water partition coefficient (Wildman–Crippen LogP) is 13.9. The molecule has 334 valence electrons. The molecule has 0 aliphatic rings. The number of rotatable bonds is 45. The van der Waals surface area contributed by atoms with Gasteiger partial charge in [-0.25, -0.2) is 0 Å². The van der Waals surface area contributed by atoms with Gasteiger partial charge in [0.25, 0.3) is 0 Å². The van der Waals surface area contributed by atoms with Crippen LogP contribution in [0.2, 0.25) is 0 Å². The SMILES string of the molecule is NCc1c(CCCCCCCC/C=C\CCCCCCCCCCCC(N)=O)cccc1CNCCCCCCCC/C=C\CCCCCCCCCCCC(N)=O. The standard InChI is InChI=1S/C52H94N4O2/c53-46-50-48(40-35-31-27-23-19-15-11-7-3-1-4-8-12-16-20-24-28-32-36-43-51(54)57)41-39-42-49(50)47-56-45-38-34-30-26-22-18-14-10-6-2-5-9-13-17-21-25-29-33-37-44-52(55)58/h3,6-7,10,39,41-42,56H,1-2,4-5,8-9,11-38,40,43-47,53H2,(H2,54,57)(H2,55,58)/b7-3-,10-6-. The van der Waals surface area contributed by atoms with Crippen molar-refractivity contribution < 1.29 is 9.59 Å². The number of carbonyl (C=O) groups excluding carboxylic acids is 2. The molecule has 58 heavy (non-hydrogen) atoms. The van der Waals surface area contributed by atoms with Gasteiger partial charge in [-0.15, -0.1) is 0 Å². The van der Waals surface area contributed by atoms with Crippen molar-refractivity contribution in [3.05, 3.63) is 59.2 Å². The lowest BCUT2D eigenvalue weighted by molar-refractivity contribution is -0.119. The van der Waals surface area contributed by atoms with Crippen LogP contribution in [0.1, 0.15) is 248 Å². The number of unbranched alkanes of at least 4 members (excludes halogenated alkanes) is 30. The normalized spacial score (nSPS) is 11.7. The molecule has 0 aliphatic heterocycles. The van der Waals surface area contributed by atoms with Crippen molar-refractivity contribution in [1.82, 2.24) is 5.32 Å². The second kappa shape index (κ2) is 42.7.